The lowest BCUT2D eigenvalue weighted by Gasteiger charge is -2.21. The molecule has 1 heterocycles. The zero-order chi connectivity index (χ0) is 14.6. The number of hydrogen-bond acceptors (Lipinski definition) is 6. The van der Waals surface area contributed by atoms with Crippen LogP contribution in [0.3, 0.4) is 0 Å². The lowest BCUT2D eigenvalue weighted by atomic mass is 9.85. The van der Waals surface area contributed by atoms with E-state index in [4.69, 9.17) is 14.2 Å². The van der Waals surface area contributed by atoms with Gasteiger partial charge >= 0.3 is 17.9 Å². The minimum atomic E-state index is -1.22. The molecule has 3 atom stereocenters. The quantitative estimate of drug-likeness (QED) is 0.421. The first kappa shape index (κ1) is 15.5. The van der Waals surface area contributed by atoms with E-state index >= 15 is 0 Å². The second kappa shape index (κ2) is 6.54. The molecule has 1 aliphatic rings. The summed E-state index contributed by atoms with van der Waals surface area (Å²) in [5, 5.41) is 0. The molecule has 1 rings (SSSR count). The molecule has 0 saturated carbocycles. The summed E-state index contributed by atoms with van der Waals surface area (Å²) in [5.41, 5.74) is 0. The van der Waals surface area contributed by atoms with Crippen LogP contribution >= 0.6 is 0 Å². The van der Waals surface area contributed by atoms with Crippen LogP contribution in [-0.2, 0) is 28.6 Å². The number of rotatable bonds is 5. The summed E-state index contributed by atoms with van der Waals surface area (Å²) in [5.74, 6) is -4.26. The molecule has 6 nitrogen and oxygen atoms in total. The lowest BCUT2D eigenvalue weighted by molar-refractivity contribution is -0.161. The molecule has 108 valence electrons. The molecule has 1 aliphatic heterocycles. The molecule has 0 aliphatic carbocycles. The smallest absolute Gasteiger partial charge is 0.321 e. The van der Waals surface area contributed by atoms with E-state index in [1.807, 2.05) is 13.8 Å². The molecule has 0 aromatic heterocycles. The monoisotopic (exact) mass is 272 g/mol. The third-order valence-electron chi connectivity index (χ3n) is 2.98. The Kier molecular flexibility index (Phi) is 5.32. The molecule has 0 bridgehead atoms. The molecule has 0 spiro atoms. The minimum Gasteiger partial charge on any atom is -0.466 e. The first-order valence-electron chi connectivity index (χ1n) is 6.47. The van der Waals surface area contributed by atoms with Crippen molar-refractivity contribution in [1.82, 2.24) is 0 Å². The van der Waals surface area contributed by atoms with E-state index < -0.39 is 35.8 Å². The fourth-order valence-electron chi connectivity index (χ4n) is 2.15. The van der Waals surface area contributed by atoms with Crippen molar-refractivity contribution >= 4 is 17.9 Å². The summed E-state index contributed by atoms with van der Waals surface area (Å²) >= 11 is 0. The van der Waals surface area contributed by atoms with Crippen LogP contribution < -0.4 is 0 Å². The van der Waals surface area contributed by atoms with E-state index in [-0.39, 0.29) is 19.1 Å². The Morgan fingerprint density at radius 2 is 1.68 bits per heavy atom. The highest BCUT2D eigenvalue weighted by Crippen LogP contribution is 2.34. The molecule has 6 heteroatoms. The van der Waals surface area contributed by atoms with E-state index in [1.165, 1.54) is 0 Å². The number of carbonyl (C=O) groups is 3. The molecular weight excluding hydrogens is 252 g/mol. The lowest BCUT2D eigenvalue weighted by Crippen LogP contribution is -2.38. The molecule has 0 radical (unpaired) electrons. The molecule has 0 aromatic carbocycles. The zero-order valence-electron chi connectivity index (χ0n) is 11.7. The van der Waals surface area contributed by atoms with Gasteiger partial charge in [-0.1, -0.05) is 13.8 Å². The van der Waals surface area contributed by atoms with Crippen LogP contribution in [-0.4, -0.2) is 37.2 Å². The Balaban J connectivity index is 3.00. The Labute approximate surface area is 112 Å². The summed E-state index contributed by atoms with van der Waals surface area (Å²) < 4.78 is 14.9. The molecule has 0 amide bonds. The van der Waals surface area contributed by atoms with Gasteiger partial charge in [-0.15, -0.1) is 0 Å². The first-order valence-corrected chi connectivity index (χ1v) is 6.47. The molecule has 0 N–H and O–H groups in total. The van der Waals surface area contributed by atoms with Gasteiger partial charge in [0.25, 0.3) is 0 Å². The maximum absolute atomic E-state index is 12.0. The highest BCUT2D eigenvalue weighted by molar-refractivity contribution is 6.01. The van der Waals surface area contributed by atoms with Gasteiger partial charge in [0, 0.05) is 0 Å². The van der Waals surface area contributed by atoms with Gasteiger partial charge < -0.3 is 14.2 Å². The van der Waals surface area contributed by atoms with Crippen LogP contribution in [0.4, 0.5) is 0 Å². The van der Waals surface area contributed by atoms with Crippen molar-refractivity contribution < 1.29 is 28.6 Å². The van der Waals surface area contributed by atoms with Crippen LogP contribution in [0.1, 0.15) is 27.7 Å². The zero-order valence-corrected chi connectivity index (χ0v) is 11.7. The van der Waals surface area contributed by atoms with Crippen molar-refractivity contribution in [3.05, 3.63) is 0 Å². The van der Waals surface area contributed by atoms with E-state index in [1.54, 1.807) is 13.8 Å². The van der Waals surface area contributed by atoms with E-state index in [2.05, 4.69) is 0 Å². The Morgan fingerprint density at radius 3 is 2.16 bits per heavy atom. The van der Waals surface area contributed by atoms with Crippen molar-refractivity contribution in [3.63, 3.8) is 0 Å². The Morgan fingerprint density at radius 1 is 1.16 bits per heavy atom. The molecule has 1 saturated heterocycles. The first-order chi connectivity index (χ1) is 8.93. The summed E-state index contributed by atoms with van der Waals surface area (Å²) in [6, 6.07) is 0. The summed E-state index contributed by atoms with van der Waals surface area (Å²) in [7, 11) is 0. The van der Waals surface area contributed by atoms with Crippen LogP contribution in [0.25, 0.3) is 0 Å². The van der Waals surface area contributed by atoms with Gasteiger partial charge in [-0.05, 0) is 19.8 Å². The van der Waals surface area contributed by atoms with Crippen molar-refractivity contribution in [2.75, 3.05) is 13.2 Å². The van der Waals surface area contributed by atoms with Crippen LogP contribution in [0, 0.1) is 17.8 Å². The molecular formula is C13H20O6. The normalized spacial score (nSPS) is 26.2. The average molecular weight is 272 g/mol. The Bertz CT molecular complexity index is 362. The summed E-state index contributed by atoms with van der Waals surface area (Å²) in [6.45, 7) is 7.26. The Hall–Kier alpha value is -1.59. The summed E-state index contributed by atoms with van der Waals surface area (Å²) in [4.78, 5) is 35.6. The van der Waals surface area contributed by atoms with Crippen molar-refractivity contribution in [1.29, 1.82) is 0 Å². The molecule has 19 heavy (non-hydrogen) atoms. The predicted molar refractivity (Wildman–Crippen MR) is 65.0 cm³/mol. The van der Waals surface area contributed by atoms with Gasteiger partial charge in [-0.2, -0.15) is 0 Å². The highest BCUT2D eigenvalue weighted by Gasteiger charge is 2.55. The second-order valence-corrected chi connectivity index (χ2v) is 4.65. The van der Waals surface area contributed by atoms with Gasteiger partial charge in [0.15, 0.2) is 5.92 Å². The van der Waals surface area contributed by atoms with Gasteiger partial charge in [0.2, 0.25) is 0 Å². The highest BCUT2D eigenvalue weighted by atomic mass is 16.6. The van der Waals surface area contributed by atoms with Crippen molar-refractivity contribution in [3.8, 4) is 0 Å². The molecule has 0 unspecified atom stereocenters. The standard InChI is InChI=1S/C13H20O6/c1-5-17-11(14)8-9(12(15)18-6-2)13(16)19-10(8)7(3)4/h7-10H,5-6H2,1-4H3/t8-,9+,10+/m0/s1. The fourth-order valence-corrected chi connectivity index (χ4v) is 2.15. The van der Waals surface area contributed by atoms with Crippen molar-refractivity contribution in [2.45, 2.75) is 33.8 Å². The van der Waals surface area contributed by atoms with Gasteiger partial charge in [0.05, 0.1) is 13.2 Å². The maximum Gasteiger partial charge on any atom is 0.321 e. The van der Waals surface area contributed by atoms with Gasteiger partial charge in [-0.3, -0.25) is 14.4 Å². The van der Waals surface area contributed by atoms with Gasteiger partial charge in [-0.25, -0.2) is 0 Å². The molecule has 1 fully saturated rings. The topological polar surface area (TPSA) is 78.9 Å². The largest absolute Gasteiger partial charge is 0.466 e. The fraction of sp³-hybridized carbons (Fsp3) is 0.769. The van der Waals surface area contributed by atoms with Gasteiger partial charge in [0.1, 0.15) is 12.0 Å². The summed E-state index contributed by atoms with van der Waals surface area (Å²) in [6.07, 6.45) is -0.652. The number of cyclic esters (lactones) is 1. The van der Waals surface area contributed by atoms with Crippen LogP contribution in [0.2, 0.25) is 0 Å². The molecule has 0 aromatic rings. The van der Waals surface area contributed by atoms with Crippen LogP contribution in [0.15, 0.2) is 0 Å². The minimum absolute atomic E-state index is 0.0854. The van der Waals surface area contributed by atoms with E-state index in [9.17, 15) is 14.4 Å². The second-order valence-electron chi connectivity index (χ2n) is 4.65. The van der Waals surface area contributed by atoms with E-state index in [0.29, 0.717) is 0 Å². The van der Waals surface area contributed by atoms with E-state index in [0.717, 1.165) is 0 Å². The third-order valence-corrected chi connectivity index (χ3v) is 2.98. The number of carbonyl (C=O) groups excluding carboxylic acids is 3. The SMILES string of the molecule is CCOC(=O)[C@@H]1C(=O)O[C@H](C(C)C)[C@H]1C(=O)OCC. The number of esters is 3. The maximum atomic E-state index is 12.0. The van der Waals surface area contributed by atoms with Crippen molar-refractivity contribution in [2.24, 2.45) is 17.8 Å². The average Bonchev–Trinajstić information content (AvgIpc) is 2.67. The van der Waals surface area contributed by atoms with Crippen LogP contribution in [0.5, 0.6) is 0 Å². The predicted octanol–water partition coefficient (Wildman–Crippen LogP) is 0.926. The number of ether oxygens (including phenoxy) is 3. The third kappa shape index (κ3) is 3.24. The number of hydrogen-bond donors (Lipinski definition) is 0.